The van der Waals surface area contributed by atoms with E-state index < -0.39 is 17.5 Å². The highest BCUT2D eigenvalue weighted by Gasteiger charge is 2.20. The van der Waals surface area contributed by atoms with Crippen molar-refractivity contribution in [1.82, 2.24) is 10.3 Å². The molecule has 2 N–H and O–H groups in total. The number of halogens is 1. The maximum Gasteiger partial charge on any atom is 0.407 e. The van der Waals surface area contributed by atoms with Gasteiger partial charge in [-0.25, -0.2) is 9.18 Å². The van der Waals surface area contributed by atoms with Crippen LogP contribution in [-0.2, 0) is 11.3 Å². The van der Waals surface area contributed by atoms with E-state index in [4.69, 9.17) is 9.47 Å². The molecular formula is C24H23FN2O4S. The van der Waals surface area contributed by atoms with Crippen LogP contribution < -0.4 is 15.6 Å². The Balaban J connectivity index is 1.75. The monoisotopic (exact) mass is 454 g/mol. The first-order valence-electron chi connectivity index (χ1n) is 10.0. The number of pyridine rings is 1. The van der Waals surface area contributed by atoms with Crippen LogP contribution in [-0.4, -0.2) is 23.8 Å². The highest BCUT2D eigenvalue weighted by Crippen LogP contribution is 2.41. The fraction of sp³-hybridized carbons (Fsp3) is 0.250. The van der Waals surface area contributed by atoms with Crippen LogP contribution in [0.4, 0.5) is 9.18 Å². The Labute approximate surface area is 188 Å². The van der Waals surface area contributed by atoms with Crippen molar-refractivity contribution < 1.29 is 18.7 Å². The van der Waals surface area contributed by atoms with Gasteiger partial charge in [0.05, 0.1) is 12.6 Å². The number of H-pyrrole nitrogens is 1. The van der Waals surface area contributed by atoms with Gasteiger partial charge in [0.1, 0.15) is 16.1 Å². The number of alkyl carbamates (subject to hydrolysis) is 1. The lowest BCUT2D eigenvalue weighted by molar-refractivity contribution is 0.0523. The first-order chi connectivity index (χ1) is 15.2. The molecule has 0 atom stereocenters. The number of benzene rings is 2. The van der Waals surface area contributed by atoms with E-state index in [0.717, 1.165) is 11.1 Å². The van der Waals surface area contributed by atoms with E-state index >= 15 is 0 Å². The van der Waals surface area contributed by atoms with Crippen molar-refractivity contribution in [2.75, 3.05) is 7.11 Å². The van der Waals surface area contributed by atoms with Crippen LogP contribution in [0.25, 0.3) is 32.1 Å². The minimum absolute atomic E-state index is 0.146. The fourth-order valence-electron chi connectivity index (χ4n) is 3.60. The van der Waals surface area contributed by atoms with Crippen molar-refractivity contribution >= 4 is 38.4 Å². The third-order valence-corrected chi connectivity index (χ3v) is 5.83. The van der Waals surface area contributed by atoms with Crippen LogP contribution in [0.5, 0.6) is 5.75 Å². The second-order valence-corrected chi connectivity index (χ2v) is 9.27. The summed E-state index contributed by atoms with van der Waals surface area (Å²) in [5.74, 6) is -0.182. The number of amides is 1. The summed E-state index contributed by atoms with van der Waals surface area (Å²) in [5.41, 5.74) is 1.62. The molecule has 0 saturated carbocycles. The van der Waals surface area contributed by atoms with Gasteiger partial charge in [-0.3, -0.25) is 4.79 Å². The number of carbonyl (C=O) groups excluding carboxylic acids is 1. The third kappa shape index (κ3) is 4.18. The molecule has 8 heteroatoms. The standard InChI is InChI=1S/C24H23FN2O4S/c1-24(2,3)31-23(29)26-12-13-5-7-14(8-6-13)18-17(30-4)11-16(25)20-19(18)15-9-10-32-21(15)22(28)27-20/h5-11H,12H2,1-4H3,(H,26,29)(H,27,28). The van der Waals surface area contributed by atoms with Crippen molar-refractivity contribution in [3.8, 4) is 16.9 Å². The van der Waals surface area contributed by atoms with E-state index in [1.165, 1.54) is 24.5 Å². The molecule has 0 aliphatic carbocycles. The lowest BCUT2D eigenvalue weighted by atomic mass is 9.96. The zero-order valence-corrected chi connectivity index (χ0v) is 19.0. The Morgan fingerprint density at radius 3 is 2.56 bits per heavy atom. The molecule has 0 aliphatic rings. The molecule has 2 heterocycles. The number of rotatable bonds is 4. The van der Waals surface area contributed by atoms with Crippen molar-refractivity contribution in [3.05, 3.63) is 63.5 Å². The number of nitrogens with one attached hydrogen (secondary N) is 2. The molecular weight excluding hydrogens is 431 g/mol. The molecule has 0 spiro atoms. The van der Waals surface area contributed by atoms with Crippen molar-refractivity contribution in [1.29, 1.82) is 0 Å². The number of thiophene rings is 1. The normalized spacial score (nSPS) is 11.7. The second kappa shape index (κ2) is 8.27. The molecule has 0 radical (unpaired) electrons. The number of carbonyl (C=O) groups is 1. The van der Waals surface area contributed by atoms with Gasteiger partial charge in [-0.2, -0.15) is 0 Å². The Morgan fingerprint density at radius 1 is 1.19 bits per heavy atom. The summed E-state index contributed by atoms with van der Waals surface area (Å²) in [6, 6.07) is 10.6. The van der Waals surface area contributed by atoms with Crippen LogP contribution in [0.15, 0.2) is 46.6 Å². The Kier molecular flexibility index (Phi) is 5.64. The van der Waals surface area contributed by atoms with Gasteiger partial charge < -0.3 is 19.8 Å². The molecule has 1 amide bonds. The Bertz CT molecular complexity index is 1370. The largest absolute Gasteiger partial charge is 0.496 e. The molecule has 2 aromatic carbocycles. The SMILES string of the molecule is COc1cc(F)c2[nH]c(=O)c3sccc3c2c1-c1ccc(CNC(=O)OC(C)(C)C)cc1. The van der Waals surface area contributed by atoms with E-state index in [9.17, 15) is 14.0 Å². The number of methoxy groups -OCH3 is 1. The lowest BCUT2D eigenvalue weighted by Crippen LogP contribution is -2.32. The summed E-state index contributed by atoms with van der Waals surface area (Å²) in [6.45, 7) is 5.72. The van der Waals surface area contributed by atoms with Crippen LogP contribution in [0.3, 0.4) is 0 Å². The maximum absolute atomic E-state index is 14.8. The second-order valence-electron chi connectivity index (χ2n) is 8.36. The van der Waals surface area contributed by atoms with E-state index in [1.807, 2.05) is 35.7 Å². The molecule has 2 aromatic heterocycles. The maximum atomic E-state index is 14.8. The smallest absolute Gasteiger partial charge is 0.407 e. The Hall–Kier alpha value is -3.39. The molecule has 32 heavy (non-hydrogen) atoms. The Morgan fingerprint density at radius 2 is 1.91 bits per heavy atom. The number of fused-ring (bicyclic) bond motifs is 3. The van der Waals surface area contributed by atoms with Crippen LogP contribution >= 0.6 is 11.3 Å². The van der Waals surface area contributed by atoms with E-state index in [-0.39, 0.29) is 11.1 Å². The van der Waals surface area contributed by atoms with Gasteiger partial charge in [-0.15, -0.1) is 11.3 Å². The average molecular weight is 455 g/mol. The van der Waals surface area contributed by atoms with Crippen molar-refractivity contribution in [2.24, 2.45) is 0 Å². The molecule has 0 aliphatic heterocycles. The van der Waals surface area contributed by atoms with E-state index in [0.29, 0.717) is 33.3 Å². The zero-order chi connectivity index (χ0) is 23.0. The molecule has 4 aromatic rings. The van der Waals surface area contributed by atoms with Gasteiger partial charge in [0.15, 0.2) is 5.82 Å². The summed E-state index contributed by atoms with van der Waals surface area (Å²) >= 11 is 1.31. The minimum Gasteiger partial charge on any atom is -0.496 e. The summed E-state index contributed by atoms with van der Waals surface area (Å²) in [6.07, 6.45) is -0.489. The highest BCUT2D eigenvalue weighted by molar-refractivity contribution is 7.17. The topological polar surface area (TPSA) is 80.4 Å². The van der Waals surface area contributed by atoms with E-state index in [2.05, 4.69) is 10.3 Å². The number of ether oxygens (including phenoxy) is 2. The van der Waals surface area contributed by atoms with Crippen molar-refractivity contribution in [2.45, 2.75) is 32.9 Å². The summed E-state index contributed by atoms with van der Waals surface area (Å²) in [5, 5.41) is 5.81. The van der Waals surface area contributed by atoms with Gasteiger partial charge in [0.2, 0.25) is 0 Å². The molecule has 4 rings (SSSR count). The molecule has 0 fully saturated rings. The van der Waals surface area contributed by atoms with Gasteiger partial charge in [0.25, 0.3) is 5.56 Å². The fourth-order valence-corrected chi connectivity index (χ4v) is 4.39. The molecule has 6 nitrogen and oxygen atoms in total. The third-order valence-electron chi connectivity index (χ3n) is 4.92. The predicted octanol–water partition coefficient (Wildman–Crippen LogP) is 5.58. The van der Waals surface area contributed by atoms with Crippen LogP contribution in [0.1, 0.15) is 26.3 Å². The zero-order valence-electron chi connectivity index (χ0n) is 18.2. The van der Waals surface area contributed by atoms with Crippen molar-refractivity contribution in [3.63, 3.8) is 0 Å². The van der Waals surface area contributed by atoms with Crippen LogP contribution in [0, 0.1) is 5.82 Å². The van der Waals surface area contributed by atoms with Gasteiger partial charge in [-0.05, 0) is 43.3 Å². The summed E-state index contributed by atoms with van der Waals surface area (Å²) in [7, 11) is 1.49. The predicted molar refractivity (Wildman–Crippen MR) is 125 cm³/mol. The minimum atomic E-state index is -0.567. The molecule has 0 bridgehead atoms. The molecule has 166 valence electrons. The summed E-state index contributed by atoms with van der Waals surface area (Å²) < 4.78 is 26.1. The number of hydrogen-bond donors (Lipinski definition) is 2. The molecule has 0 saturated heterocycles. The first-order valence-corrected chi connectivity index (χ1v) is 10.9. The molecule has 0 unspecified atom stereocenters. The highest BCUT2D eigenvalue weighted by atomic mass is 32.1. The van der Waals surface area contributed by atoms with Gasteiger partial charge >= 0.3 is 6.09 Å². The number of hydrogen-bond acceptors (Lipinski definition) is 5. The average Bonchev–Trinajstić information content (AvgIpc) is 3.23. The number of aromatic nitrogens is 1. The van der Waals surface area contributed by atoms with E-state index in [1.54, 1.807) is 20.8 Å². The summed E-state index contributed by atoms with van der Waals surface area (Å²) in [4.78, 5) is 26.9. The van der Waals surface area contributed by atoms with Gasteiger partial charge in [-0.1, -0.05) is 24.3 Å². The first kappa shape index (κ1) is 21.8. The van der Waals surface area contributed by atoms with Crippen LogP contribution in [0.2, 0.25) is 0 Å². The lowest BCUT2D eigenvalue weighted by Gasteiger charge is -2.19. The van der Waals surface area contributed by atoms with Gasteiger partial charge in [0, 0.05) is 28.9 Å². The number of aromatic amines is 1. The quantitative estimate of drug-likeness (QED) is 0.422.